The fourth-order valence-corrected chi connectivity index (χ4v) is 3.16. The minimum atomic E-state index is -0.878. The van der Waals surface area contributed by atoms with Crippen LogP contribution in [0.3, 0.4) is 0 Å². The number of carbonyl (C=O) groups is 3. The van der Waals surface area contributed by atoms with Gasteiger partial charge in [0.25, 0.3) is 0 Å². The average Bonchev–Trinajstić information content (AvgIpc) is 2.60. The second-order valence-corrected chi connectivity index (χ2v) is 6.08. The Morgan fingerprint density at radius 3 is 2.76 bits per heavy atom. The number of amides is 4. The Morgan fingerprint density at radius 1 is 1.32 bits per heavy atom. The third kappa shape index (κ3) is 3.14. The minimum Gasteiger partial charge on any atom is -0.394 e. The molecule has 2 fully saturated rings. The molecule has 2 aliphatic rings. The fourth-order valence-electron chi connectivity index (χ4n) is 3.16. The molecule has 8 nitrogen and oxygen atoms in total. The highest BCUT2D eigenvalue weighted by Crippen LogP contribution is 2.21. The van der Waals surface area contributed by atoms with E-state index in [9.17, 15) is 23.9 Å². The van der Waals surface area contributed by atoms with E-state index in [1.807, 2.05) is 0 Å². The lowest BCUT2D eigenvalue weighted by Crippen LogP contribution is -2.70. The van der Waals surface area contributed by atoms with Crippen LogP contribution in [-0.4, -0.2) is 83.0 Å². The Hall–Kier alpha value is -2.68. The molecule has 2 atom stereocenters. The van der Waals surface area contributed by atoms with Crippen molar-refractivity contribution in [3.63, 3.8) is 0 Å². The molecule has 2 aliphatic heterocycles. The van der Waals surface area contributed by atoms with Crippen LogP contribution >= 0.6 is 0 Å². The van der Waals surface area contributed by atoms with Gasteiger partial charge in [-0.2, -0.15) is 0 Å². The van der Waals surface area contributed by atoms with Crippen molar-refractivity contribution in [2.45, 2.75) is 12.1 Å². The quantitative estimate of drug-likeness (QED) is 0.766. The summed E-state index contributed by atoms with van der Waals surface area (Å²) < 4.78 is 13.2. The number of hydrogen-bond acceptors (Lipinski definition) is 4. The lowest BCUT2D eigenvalue weighted by molar-refractivity contribution is -0.164. The Kier molecular flexibility index (Phi) is 4.58. The van der Waals surface area contributed by atoms with E-state index in [0.717, 1.165) is 0 Å². The summed E-state index contributed by atoms with van der Waals surface area (Å²) in [5.74, 6) is -1.10. The van der Waals surface area contributed by atoms with Crippen LogP contribution in [0.15, 0.2) is 24.3 Å². The number of nitrogens with one attached hydrogen (secondary N) is 1. The number of aliphatic hydroxyl groups is 1. The van der Waals surface area contributed by atoms with E-state index in [4.69, 9.17) is 0 Å². The lowest BCUT2D eigenvalue weighted by Gasteiger charge is -2.47. The van der Waals surface area contributed by atoms with Gasteiger partial charge in [0.2, 0.25) is 11.8 Å². The molecule has 2 heterocycles. The molecule has 2 saturated heterocycles. The summed E-state index contributed by atoms with van der Waals surface area (Å²) in [6, 6.07) is 3.40. The van der Waals surface area contributed by atoms with Crippen LogP contribution < -0.4 is 5.32 Å². The van der Waals surface area contributed by atoms with Crippen molar-refractivity contribution in [1.29, 1.82) is 0 Å². The highest BCUT2D eigenvalue weighted by molar-refractivity contribution is 5.98. The molecule has 0 bridgehead atoms. The summed E-state index contributed by atoms with van der Waals surface area (Å²) in [7, 11) is 1.46. The topological polar surface area (TPSA) is 93.2 Å². The summed E-state index contributed by atoms with van der Waals surface area (Å²) >= 11 is 0. The van der Waals surface area contributed by atoms with E-state index >= 15 is 0 Å². The molecular formula is C16H19FN4O4. The third-order valence-electron chi connectivity index (χ3n) is 4.58. The number of piperazine rings is 2. The molecule has 2 N–H and O–H groups in total. The van der Waals surface area contributed by atoms with Crippen LogP contribution in [0.5, 0.6) is 0 Å². The molecular weight excluding hydrogens is 331 g/mol. The number of anilines is 1. The number of halogens is 1. The number of likely N-dealkylation sites (N-methyl/N-ethyl adjacent to an activating group) is 1. The first-order valence-electron chi connectivity index (χ1n) is 7.92. The van der Waals surface area contributed by atoms with Gasteiger partial charge in [0, 0.05) is 25.8 Å². The molecule has 9 heteroatoms. The van der Waals surface area contributed by atoms with Crippen molar-refractivity contribution in [2.75, 3.05) is 38.6 Å². The summed E-state index contributed by atoms with van der Waals surface area (Å²) in [6.07, 6.45) is 0. The molecule has 0 saturated carbocycles. The van der Waals surface area contributed by atoms with E-state index in [2.05, 4.69) is 5.32 Å². The summed E-state index contributed by atoms with van der Waals surface area (Å²) in [5, 5.41) is 11.9. The van der Waals surface area contributed by atoms with Gasteiger partial charge in [-0.3, -0.25) is 9.59 Å². The molecule has 3 rings (SSSR count). The van der Waals surface area contributed by atoms with E-state index in [1.165, 1.54) is 39.9 Å². The molecule has 0 aromatic heterocycles. The number of urea groups is 1. The van der Waals surface area contributed by atoms with Gasteiger partial charge >= 0.3 is 6.03 Å². The molecule has 0 radical (unpaired) electrons. The Morgan fingerprint density at radius 2 is 2.08 bits per heavy atom. The smallest absolute Gasteiger partial charge is 0.321 e. The van der Waals surface area contributed by atoms with Gasteiger partial charge in [0.1, 0.15) is 17.9 Å². The number of carbonyl (C=O) groups excluding carboxylic acids is 3. The predicted octanol–water partition coefficient (Wildman–Crippen LogP) is -0.297. The second kappa shape index (κ2) is 6.67. The number of aliphatic hydroxyl groups excluding tert-OH is 1. The highest BCUT2D eigenvalue weighted by atomic mass is 19.1. The highest BCUT2D eigenvalue weighted by Gasteiger charge is 2.47. The molecule has 25 heavy (non-hydrogen) atoms. The zero-order valence-electron chi connectivity index (χ0n) is 13.7. The Bertz CT molecular complexity index is 713. The molecule has 1 aromatic rings. The zero-order valence-corrected chi connectivity index (χ0v) is 13.7. The van der Waals surface area contributed by atoms with Crippen molar-refractivity contribution < 1.29 is 23.9 Å². The second-order valence-electron chi connectivity index (χ2n) is 6.08. The molecule has 0 aliphatic carbocycles. The van der Waals surface area contributed by atoms with Gasteiger partial charge in [-0.05, 0) is 18.2 Å². The number of nitrogens with zero attached hydrogens (tertiary/aromatic N) is 3. The van der Waals surface area contributed by atoms with Gasteiger partial charge in [-0.25, -0.2) is 9.18 Å². The standard InChI is InChI=1S/C16H19FN4O4/c1-19-13(9-22)15(24)21-6-5-20(8-12(21)14(19)23)16(25)18-11-4-2-3-10(17)7-11/h2-4,7,12-13,22H,5-6,8-9H2,1H3,(H,18,25)/t12-,13+/m1/s1. The van der Waals surface area contributed by atoms with E-state index in [1.54, 1.807) is 6.07 Å². The Labute approximate surface area is 143 Å². The summed E-state index contributed by atoms with van der Waals surface area (Å²) in [5.41, 5.74) is 0.316. The predicted molar refractivity (Wildman–Crippen MR) is 86.1 cm³/mol. The molecule has 0 unspecified atom stereocenters. The van der Waals surface area contributed by atoms with E-state index in [-0.39, 0.29) is 31.4 Å². The van der Waals surface area contributed by atoms with Crippen LogP contribution in [0.2, 0.25) is 0 Å². The van der Waals surface area contributed by atoms with Crippen molar-refractivity contribution in [3.05, 3.63) is 30.1 Å². The Balaban J connectivity index is 1.71. The van der Waals surface area contributed by atoms with Crippen molar-refractivity contribution in [2.24, 2.45) is 0 Å². The maximum absolute atomic E-state index is 13.2. The van der Waals surface area contributed by atoms with Crippen molar-refractivity contribution in [1.82, 2.24) is 14.7 Å². The summed E-state index contributed by atoms with van der Waals surface area (Å²) in [4.78, 5) is 41.2. The summed E-state index contributed by atoms with van der Waals surface area (Å²) in [6.45, 7) is 0.0664. The number of rotatable bonds is 2. The average molecular weight is 350 g/mol. The van der Waals surface area contributed by atoms with E-state index < -0.39 is 30.5 Å². The van der Waals surface area contributed by atoms with E-state index in [0.29, 0.717) is 5.69 Å². The fraction of sp³-hybridized carbons (Fsp3) is 0.438. The van der Waals surface area contributed by atoms with Crippen molar-refractivity contribution >= 4 is 23.5 Å². The number of fused-ring (bicyclic) bond motifs is 1. The maximum Gasteiger partial charge on any atom is 0.321 e. The van der Waals surface area contributed by atoms with Gasteiger partial charge < -0.3 is 25.1 Å². The SMILES string of the molecule is CN1C(=O)[C@H]2CN(C(=O)Nc3cccc(F)c3)CCN2C(=O)[C@@H]1CO. The molecule has 0 spiro atoms. The number of benzene rings is 1. The largest absolute Gasteiger partial charge is 0.394 e. The first kappa shape index (κ1) is 17.2. The van der Waals surface area contributed by atoms with Gasteiger partial charge in [0.15, 0.2) is 0 Å². The minimum absolute atomic E-state index is 0.0498. The molecule has 4 amide bonds. The van der Waals surface area contributed by atoms with Crippen LogP contribution in [0.4, 0.5) is 14.9 Å². The van der Waals surface area contributed by atoms with Crippen LogP contribution in [0.1, 0.15) is 0 Å². The van der Waals surface area contributed by atoms with Crippen LogP contribution in [-0.2, 0) is 9.59 Å². The van der Waals surface area contributed by atoms with Gasteiger partial charge in [-0.1, -0.05) is 6.07 Å². The first-order valence-corrected chi connectivity index (χ1v) is 7.92. The first-order chi connectivity index (χ1) is 11.9. The van der Waals surface area contributed by atoms with Gasteiger partial charge in [0.05, 0.1) is 13.2 Å². The number of hydrogen-bond donors (Lipinski definition) is 2. The van der Waals surface area contributed by atoms with Crippen molar-refractivity contribution in [3.8, 4) is 0 Å². The normalized spacial score (nSPS) is 23.6. The monoisotopic (exact) mass is 350 g/mol. The molecule has 134 valence electrons. The van der Waals surface area contributed by atoms with Gasteiger partial charge in [-0.15, -0.1) is 0 Å². The molecule has 1 aromatic carbocycles. The third-order valence-corrected chi connectivity index (χ3v) is 4.58. The van der Waals surface area contributed by atoms with Crippen LogP contribution in [0.25, 0.3) is 0 Å². The maximum atomic E-state index is 13.2. The zero-order chi connectivity index (χ0) is 18.1. The lowest BCUT2D eigenvalue weighted by atomic mass is 10.0. The van der Waals surface area contributed by atoms with Crippen LogP contribution in [0, 0.1) is 5.82 Å².